The molecule has 1 aromatic carbocycles. The summed E-state index contributed by atoms with van der Waals surface area (Å²) in [6.45, 7) is 0.951. The molecule has 0 spiro atoms. The lowest BCUT2D eigenvalue weighted by Gasteiger charge is -1.97. The maximum absolute atomic E-state index is 12.8. The number of halogens is 1. The molecule has 0 bridgehead atoms. The largest absolute Gasteiger partial charge is 0.378 e. The SMILES string of the molecule is COCc1nc(Cc2ccc(F)cc2)sc1CN. The van der Waals surface area contributed by atoms with Crippen LogP contribution in [0.5, 0.6) is 0 Å². The van der Waals surface area contributed by atoms with Crippen molar-refractivity contribution in [3.63, 3.8) is 0 Å². The van der Waals surface area contributed by atoms with Crippen molar-refractivity contribution in [2.45, 2.75) is 19.6 Å². The second-order valence-corrected chi connectivity index (χ2v) is 5.09. The summed E-state index contributed by atoms with van der Waals surface area (Å²) in [5, 5.41) is 0.981. The van der Waals surface area contributed by atoms with E-state index in [-0.39, 0.29) is 5.82 Å². The molecule has 0 aliphatic heterocycles. The Morgan fingerprint density at radius 1 is 1.33 bits per heavy atom. The molecule has 96 valence electrons. The normalized spacial score (nSPS) is 10.8. The summed E-state index contributed by atoms with van der Waals surface area (Å²) < 4.78 is 17.9. The fourth-order valence-corrected chi connectivity index (χ4v) is 2.68. The van der Waals surface area contributed by atoms with Gasteiger partial charge >= 0.3 is 0 Å². The first-order chi connectivity index (χ1) is 8.72. The third kappa shape index (κ3) is 3.13. The van der Waals surface area contributed by atoms with Gasteiger partial charge in [-0.05, 0) is 17.7 Å². The van der Waals surface area contributed by atoms with Crippen LogP contribution in [0.25, 0.3) is 0 Å². The topological polar surface area (TPSA) is 48.1 Å². The van der Waals surface area contributed by atoms with Crippen molar-refractivity contribution >= 4 is 11.3 Å². The number of methoxy groups -OCH3 is 1. The molecule has 0 fully saturated rings. The Balaban J connectivity index is 2.16. The number of rotatable bonds is 5. The Bertz CT molecular complexity index is 510. The van der Waals surface area contributed by atoms with Gasteiger partial charge in [-0.1, -0.05) is 12.1 Å². The molecule has 0 saturated heterocycles. The Labute approximate surface area is 109 Å². The van der Waals surface area contributed by atoms with E-state index in [4.69, 9.17) is 10.5 Å². The van der Waals surface area contributed by atoms with Crippen LogP contribution >= 0.6 is 11.3 Å². The zero-order valence-electron chi connectivity index (χ0n) is 10.1. The summed E-state index contributed by atoms with van der Waals surface area (Å²) in [5.74, 6) is -0.222. The van der Waals surface area contributed by atoms with Gasteiger partial charge in [-0.15, -0.1) is 11.3 Å². The van der Waals surface area contributed by atoms with E-state index in [0.717, 1.165) is 21.1 Å². The first kappa shape index (κ1) is 13.1. The predicted molar refractivity (Wildman–Crippen MR) is 69.9 cm³/mol. The zero-order chi connectivity index (χ0) is 13.0. The number of nitrogens with two attached hydrogens (primary N) is 1. The van der Waals surface area contributed by atoms with Gasteiger partial charge < -0.3 is 10.5 Å². The van der Waals surface area contributed by atoms with Gasteiger partial charge in [0.15, 0.2) is 0 Å². The highest BCUT2D eigenvalue weighted by Crippen LogP contribution is 2.21. The molecule has 2 aromatic rings. The lowest BCUT2D eigenvalue weighted by molar-refractivity contribution is 0.181. The fraction of sp³-hybridized carbons (Fsp3) is 0.308. The van der Waals surface area contributed by atoms with Crippen LogP contribution in [0.2, 0.25) is 0 Å². The summed E-state index contributed by atoms with van der Waals surface area (Å²) in [6, 6.07) is 6.47. The van der Waals surface area contributed by atoms with E-state index < -0.39 is 0 Å². The Morgan fingerprint density at radius 3 is 2.67 bits per heavy atom. The number of hydrogen-bond acceptors (Lipinski definition) is 4. The number of thiazole rings is 1. The van der Waals surface area contributed by atoms with E-state index in [9.17, 15) is 4.39 Å². The molecule has 18 heavy (non-hydrogen) atoms. The van der Waals surface area contributed by atoms with Gasteiger partial charge in [0.25, 0.3) is 0 Å². The molecule has 2 N–H and O–H groups in total. The minimum atomic E-state index is -0.222. The molecule has 1 aromatic heterocycles. The molecule has 1 heterocycles. The van der Waals surface area contributed by atoms with Crippen molar-refractivity contribution in [3.8, 4) is 0 Å². The maximum Gasteiger partial charge on any atom is 0.123 e. The summed E-state index contributed by atoms with van der Waals surface area (Å²) >= 11 is 1.59. The monoisotopic (exact) mass is 266 g/mol. The van der Waals surface area contributed by atoms with E-state index in [0.29, 0.717) is 19.6 Å². The maximum atomic E-state index is 12.8. The van der Waals surface area contributed by atoms with Crippen LogP contribution in [0.4, 0.5) is 4.39 Å². The van der Waals surface area contributed by atoms with E-state index in [1.54, 1.807) is 30.6 Å². The highest BCUT2D eigenvalue weighted by atomic mass is 32.1. The summed E-state index contributed by atoms with van der Waals surface area (Å²) in [7, 11) is 1.64. The van der Waals surface area contributed by atoms with E-state index in [1.807, 2.05) is 0 Å². The third-order valence-corrected chi connectivity index (χ3v) is 3.68. The minimum absolute atomic E-state index is 0.222. The molecular formula is C13H15FN2OS. The number of aromatic nitrogens is 1. The van der Waals surface area contributed by atoms with Crippen molar-refractivity contribution in [3.05, 3.63) is 51.2 Å². The van der Waals surface area contributed by atoms with Crippen LogP contribution in [0, 0.1) is 5.82 Å². The van der Waals surface area contributed by atoms with Gasteiger partial charge in [0.05, 0.1) is 17.3 Å². The Kier molecular flexibility index (Phi) is 4.41. The molecule has 0 atom stereocenters. The molecule has 0 aliphatic rings. The van der Waals surface area contributed by atoms with Crippen molar-refractivity contribution in [1.29, 1.82) is 0 Å². The van der Waals surface area contributed by atoms with Crippen LogP contribution in [-0.2, 0) is 24.3 Å². The third-order valence-electron chi connectivity index (χ3n) is 2.56. The van der Waals surface area contributed by atoms with Crippen molar-refractivity contribution in [2.75, 3.05) is 7.11 Å². The number of ether oxygens (including phenoxy) is 1. The fourth-order valence-electron chi connectivity index (χ4n) is 1.70. The second kappa shape index (κ2) is 6.04. The lowest BCUT2D eigenvalue weighted by Crippen LogP contribution is -1.99. The summed E-state index contributed by atoms with van der Waals surface area (Å²) in [4.78, 5) is 5.56. The zero-order valence-corrected chi connectivity index (χ0v) is 11.0. The second-order valence-electron chi connectivity index (χ2n) is 3.92. The van der Waals surface area contributed by atoms with Gasteiger partial charge in [-0.25, -0.2) is 9.37 Å². The van der Waals surface area contributed by atoms with Gasteiger partial charge in [0.2, 0.25) is 0 Å². The van der Waals surface area contributed by atoms with E-state index in [1.165, 1.54) is 12.1 Å². The molecular weight excluding hydrogens is 251 g/mol. The van der Waals surface area contributed by atoms with Gasteiger partial charge in [0, 0.05) is 25.0 Å². The van der Waals surface area contributed by atoms with Crippen LogP contribution in [0.15, 0.2) is 24.3 Å². The number of nitrogens with zero attached hydrogens (tertiary/aromatic N) is 1. The van der Waals surface area contributed by atoms with Crippen molar-refractivity contribution < 1.29 is 9.13 Å². The van der Waals surface area contributed by atoms with Crippen molar-refractivity contribution in [1.82, 2.24) is 4.98 Å². The first-order valence-electron chi connectivity index (χ1n) is 5.64. The predicted octanol–water partition coefficient (Wildman–Crippen LogP) is 2.48. The standard InChI is InChI=1S/C13H15FN2OS/c1-17-8-11-12(7-15)18-13(16-11)6-9-2-4-10(14)5-3-9/h2-5H,6-8,15H2,1H3. The smallest absolute Gasteiger partial charge is 0.123 e. The number of hydrogen-bond donors (Lipinski definition) is 1. The van der Waals surface area contributed by atoms with E-state index >= 15 is 0 Å². The van der Waals surface area contributed by atoms with Gasteiger partial charge in [-0.3, -0.25) is 0 Å². The van der Waals surface area contributed by atoms with Crippen LogP contribution in [-0.4, -0.2) is 12.1 Å². The summed E-state index contributed by atoms with van der Waals surface area (Å²) in [6.07, 6.45) is 0.696. The average molecular weight is 266 g/mol. The van der Waals surface area contributed by atoms with Crippen LogP contribution in [0.1, 0.15) is 21.1 Å². The molecule has 0 unspecified atom stereocenters. The first-order valence-corrected chi connectivity index (χ1v) is 6.45. The Hall–Kier alpha value is -1.30. The quantitative estimate of drug-likeness (QED) is 0.904. The number of benzene rings is 1. The van der Waals surface area contributed by atoms with Gasteiger partial charge in [0.1, 0.15) is 5.82 Å². The van der Waals surface area contributed by atoms with Crippen molar-refractivity contribution in [2.24, 2.45) is 5.73 Å². The molecule has 2 rings (SSSR count). The van der Waals surface area contributed by atoms with Crippen LogP contribution in [0.3, 0.4) is 0 Å². The molecule has 5 heteroatoms. The molecule has 0 saturated carbocycles. The summed E-state index contributed by atoms with van der Waals surface area (Å²) in [5.41, 5.74) is 7.62. The van der Waals surface area contributed by atoms with Gasteiger partial charge in [-0.2, -0.15) is 0 Å². The molecule has 0 radical (unpaired) electrons. The highest BCUT2D eigenvalue weighted by Gasteiger charge is 2.10. The lowest BCUT2D eigenvalue weighted by atomic mass is 10.1. The molecule has 3 nitrogen and oxygen atoms in total. The molecule has 0 amide bonds. The average Bonchev–Trinajstić information content (AvgIpc) is 2.75. The Morgan fingerprint density at radius 2 is 2.06 bits per heavy atom. The van der Waals surface area contributed by atoms with Crippen LogP contribution < -0.4 is 5.73 Å². The van der Waals surface area contributed by atoms with E-state index in [2.05, 4.69) is 4.98 Å². The minimum Gasteiger partial charge on any atom is -0.378 e. The highest BCUT2D eigenvalue weighted by molar-refractivity contribution is 7.11. The molecule has 0 aliphatic carbocycles.